The average Bonchev–Trinajstić information content (AvgIpc) is 2.34. The van der Waals surface area contributed by atoms with E-state index in [0.717, 1.165) is 6.42 Å². The summed E-state index contributed by atoms with van der Waals surface area (Å²) in [6, 6.07) is 0. The molecule has 4 heteroatoms. The van der Waals surface area contributed by atoms with Crippen LogP contribution in [0, 0.1) is 0 Å². The largest absolute Gasteiger partial charge is 1.00 e. The maximum Gasteiger partial charge on any atom is -1.00 e. The van der Waals surface area contributed by atoms with Gasteiger partial charge in [0.15, 0.2) is 0 Å². The molecule has 0 amide bonds. The number of halogens is 2. The molecule has 1 unspecified atom stereocenters. The van der Waals surface area contributed by atoms with E-state index in [1.807, 2.05) is 0 Å². The van der Waals surface area contributed by atoms with Crippen molar-refractivity contribution in [3.8, 4) is 0 Å². The van der Waals surface area contributed by atoms with Gasteiger partial charge in [-0.05, 0) is 0 Å². The van der Waals surface area contributed by atoms with E-state index in [0.29, 0.717) is 0 Å². The molecule has 0 aromatic rings. The normalized spacial score (nSPS) is 17.0. The molecule has 0 bridgehead atoms. The van der Waals surface area contributed by atoms with Gasteiger partial charge >= 0.3 is 73.3 Å². The van der Waals surface area contributed by atoms with Crippen LogP contribution < -0.4 is 24.8 Å². The van der Waals surface area contributed by atoms with Gasteiger partial charge in [0.05, 0.1) is 0 Å². The molecule has 67 valence electrons. The van der Waals surface area contributed by atoms with Gasteiger partial charge in [-0.3, -0.25) is 0 Å². The van der Waals surface area contributed by atoms with Gasteiger partial charge in [0.1, 0.15) is 0 Å². The molecule has 0 aromatic heterocycles. The van der Waals surface area contributed by atoms with E-state index in [1.165, 1.54) is 9.45 Å². The van der Waals surface area contributed by atoms with Gasteiger partial charge in [-0.1, -0.05) is 0 Å². The minimum Gasteiger partial charge on any atom is -1.00 e. The average molecular weight is 242 g/mol. The van der Waals surface area contributed by atoms with E-state index in [1.54, 1.807) is 7.11 Å². The Kier molecular flexibility index (Phi) is 9.09. The summed E-state index contributed by atoms with van der Waals surface area (Å²) < 4.78 is 6.63. The fourth-order valence-electron chi connectivity index (χ4n) is 1.03. The van der Waals surface area contributed by atoms with Crippen LogP contribution in [0.4, 0.5) is 0 Å². The van der Waals surface area contributed by atoms with Crippen LogP contribution in [0.3, 0.4) is 0 Å². The molecule has 0 spiro atoms. The Hall–Kier alpha value is 0.734. The first kappa shape index (κ1) is 15.2. The van der Waals surface area contributed by atoms with Crippen LogP contribution in [0.5, 0.6) is 0 Å². The van der Waals surface area contributed by atoms with Gasteiger partial charge in [-0.2, -0.15) is 0 Å². The molecular formula is C8H11Cl2OTi. The molecule has 12 heavy (non-hydrogen) atoms. The van der Waals surface area contributed by atoms with Crippen molar-refractivity contribution in [3.63, 3.8) is 0 Å². The first-order valence-corrected chi connectivity index (χ1v) is 4.17. The zero-order valence-corrected chi connectivity index (χ0v) is 10.2. The van der Waals surface area contributed by atoms with Crippen LogP contribution >= 0.6 is 0 Å². The smallest absolute Gasteiger partial charge is 1.00 e. The molecule has 1 aliphatic carbocycles. The van der Waals surface area contributed by atoms with E-state index < -0.39 is 0 Å². The third-order valence-electron chi connectivity index (χ3n) is 1.76. The maximum absolute atomic E-state index is 5.20. The van der Waals surface area contributed by atoms with Gasteiger partial charge in [0, 0.05) is 0 Å². The van der Waals surface area contributed by atoms with Crippen molar-refractivity contribution in [2.75, 3.05) is 7.11 Å². The molecular weight excluding hydrogens is 231 g/mol. The Morgan fingerprint density at radius 1 is 1.50 bits per heavy atom. The molecule has 1 atom stereocenters. The predicted molar refractivity (Wildman–Crippen MR) is 37.3 cm³/mol. The summed E-state index contributed by atoms with van der Waals surface area (Å²) in [5.41, 5.74) is 1.35. The van der Waals surface area contributed by atoms with Gasteiger partial charge in [-0.25, -0.2) is 0 Å². The first-order chi connectivity index (χ1) is 4.75. The van der Waals surface area contributed by atoms with Crippen molar-refractivity contribution in [1.29, 1.82) is 0 Å². The number of hydrogen-bond donors (Lipinski definition) is 0. The van der Waals surface area contributed by atoms with Crippen LogP contribution in [0.2, 0.25) is 0 Å². The fourth-order valence-corrected chi connectivity index (χ4v) is 1.66. The van der Waals surface area contributed by atoms with Crippen molar-refractivity contribution in [3.05, 3.63) is 21.6 Å². The summed E-state index contributed by atoms with van der Waals surface area (Å²) in [6.45, 7) is 2.08. The monoisotopic (exact) mass is 241 g/mol. The number of rotatable bonds is 2. The summed E-state index contributed by atoms with van der Waals surface area (Å²) >= 11 is 2.16. The Balaban J connectivity index is 0. The minimum absolute atomic E-state index is 0. The van der Waals surface area contributed by atoms with E-state index in [9.17, 15) is 0 Å². The third kappa shape index (κ3) is 3.63. The fraction of sp³-hybridized carbons (Fsp3) is 0.500. The Morgan fingerprint density at radius 2 is 2.08 bits per heavy atom. The van der Waals surface area contributed by atoms with Crippen molar-refractivity contribution in [1.82, 2.24) is 0 Å². The third-order valence-corrected chi connectivity index (χ3v) is 2.53. The molecule has 0 saturated carbocycles. The summed E-state index contributed by atoms with van der Waals surface area (Å²) in [5, 5.41) is 0. The van der Waals surface area contributed by atoms with E-state index in [2.05, 4.69) is 39.5 Å². The van der Waals surface area contributed by atoms with Crippen LogP contribution in [-0.2, 0) is 25.2 Å². The topological polar surface area (TPSA) is 9.23 Å². The van der Waals surface area contributed by atoms with E-state index in [4.69, 9.17) is 4.74 Å². The number of ether oxygens (including phenoxy) is 1. The molecule has 0 saturated heterocycles. The molecule has 1 nitrogen and oxygen atoms in total. The molecule has 1 rings (SSSR count). The SMILES string of the molecule is COC(C)C1=[C]([Ti+2])CC=C1.[Cl-].[Cl-]. The summed E-state index contributed by atoms with van der Waals surface area (Å²) in [7, 11) is 1.75. The Bertz CT molecular complexity index is 189. The van der Waals surface area contributed by atoms with Crippen molar-refractivity contribution in [2.45, 2.75) is 19.4 Å². The summed E-state index contributed by atoms with van der Waals surface area (Å²) in [6.07, 6.45) is 5.70. The second kappa shape index (κ2) is 7.17. The number of methoxy groups -OCH3 is 1. The molecule has 0 heterocycles. The standard InChI is InChI=1S/C8H11O.2ClH.Ti/c1-7(9-2)8-5-3-4-6-8;;;/h3,5,7H,4H2,1-2H3;2*1H;/q;;;+2/p-2. The van der Waals surface area contributed by atoms with Crippen LogP contribution in [0.25, 0.3) is 0 Å². The first-order valence-electron chi connectivity index (χ1n) is 3.39. The zero-order valence-electron chi connectivity index (χ0n) is 7.10. The molecule has 1 aliphatic rings. The quantitative estimate of drug-likeness (QED) is 0.446. The molecule has 0 aliphatic heterocycles. The van der Waals surface area contributed by atoms with Gasteiger partial charge in [-0.15, -0.1) is 0 Å². The molecule has 0 N–H and O–H groups in total. The minimum atomic E-state index is 0. The van der Waals surface area contributed by atoms with Crippen molar-refractivity contribution in [2.24, 2.45) is 0 Å². The predicted octanol–water partition coefficient (Wildman–Crippen LogP) is -4.21. The summed E-state index contributed by atoms with van der Waals surface area (Å²) in [4.78, 5) is 0. The van der Waals surface area contributed by atoms with Gasteiger partial charge < -0.3 is 24.8 Å². The molecule has 0 aromatic carbocycles. The zero-order chi connectivity index (χ0) is 7.56. The Labute approximate surface area is 97.9 Å². The van der Waals surface area contributed by atoms with Crippen LogP contribution in [0.1, 0.15) is 13.3 Å². The van der Waals surface area contributed by atoms with Gasteiger partial charge in [0.25, 0.3) is 0 Å². The van der Waals surface area contributed by atoms with E-state index in [-0.39, 0.29) is 30.9 Å². The van der Waals surface area contributed by atoms with Crippen LogP contribution in [-0.4, -0.2) is 13.2 Å². The number of allylic oxidation sites excluding steroid dienone is 2. The summed E-state index contributed by atoms with van der Waals surface area (Å²) in [5.74, 6) is 0. The van der Waals surface area contributed by atoms with Gasteiger partial charge in [0.2, 0.25) is 0 Å². The van der Waals surface area contributed by atoms with E-state index >= 15 is 0 Å². The van der Waals surface area contributed by atoms with Crippen LogP contribution in [0.15, 0.2) is 21.6 Å². The number of hydrogen-bond acceptors (Lipinski definition) is 1. The second-order valence-corrected chi connectivity index (χ2v) is 3.36. The second-order valence-electron chi connectivity index (χ2n) is 2.42. The van der Waals surface area contributed by atoms with Crippen molar-refractivity contribution < 1.29 is 50.0 Å². The molecule has 0 fully saturated rings. The molecule has 0 radical (unpaired) electrons. The Morgan fingerprint density at radius 3 is 2.42 bits per heavy atom. The van der Waals surface area contributed by atoms with Crippen molar-refractivity contribution >= 4 is 0 Å². The maximum atomic E-state index is 5.20.